The number of anilines is 1. The van der Waals surface area contributed by atoms with Gasteiger partial charge < -0.3 is 10.1 Å². The number of carbonyl (C=O) groups excluding carboxylic acids is 3. The van der Waals surface area contributed by atoms with E-state index in [2.05, 4.69) is 5.32 Å². The van der Waals surface area contributed by atoms with E-state index in [1.807, 2.05) is 6.92 Å². The molecule has 0 unspecified atom stereocenters. The molecule has 0 aliphatic carbocycles. The highest BCUT2D eigenvalue weighted by Gasteiger charge is 2.11. The van der Waals surface area contributed by atoms with Crippen LogP contribution in [0, 0.1) is 0 Å². The number of Topliss-reactive ketones (excluding diaryl/α,β-unsaturated/α-hetero) is 1. The summed E-state index contributed by atoms with van der Waals surface area (Å²) in [5, 5.41) is 3.27. The van der Waals surface area contributed by atoms with Crippen LogP contribution in [0.5, 0.6) is 0 Å². The van der Waals surface area contributed by atoms with Gasteiger partial charge in [0.1, 0.15) is 0 Å². The second kappa shape index (κ2) is 10.5. The Bertz CT molecular complexity index is 785. The first kappa shape index (κ1) is 20.6. The third-order valence-electron chi connectivity index (χ3n) is 3.88. The topological polar surface area (TPSA) is 72.5 Å². The molecule has 0 spiro atoms. The number of amides is 1. The Labute approximate surface area is 163 Å². The van der Waals surface area contributed by atoms with Gasteiger partial charge in [-0.1, -0.05) is 24.9 Å². The molecule has 6 heteroatoms. The van der Waals surface area contributed by atoms with Crippen LogP contribution in [0.2, 0.25) is 5.02 Å². The number of carbonyl (C=O) groups is 3. The summed E-state index contributed by atoms with van der Waals surface area (Å²) < 4.78 is 5.13. The molecule has 5 nitrogen and oxygen atoms in total. The van der Waals surface area contributed by atoms with Gasteiger partial charge in [0.05, 0.1) is 12.2 Å². The fourth-order valence-electron chi connectivity index (χ4n) is 2.31. The molecule has 2 aromatic rings. The van der Waals surface area contributed by atoms with Crippen molar-refractivity contribution in [2.75, 3.05) is 11.9 Å². The van der Waals surface area contributed by atoms with Crippen LogP contribution in [0.15, 0.2) is 48.5 Å². The van der Waals surface area contributed by atoms with Crippen molar-refractivity contribution < 1.29 is 19.1 Å². The number of unbranched alkanes of at least 4 members (excludes halogenated alkanes) is 1. The minimum absolute atomic E-state index is 0.0717. The minimum Gasteiger partial charge on any atom is -0.462 e. The van der Waals surface area contributed by atoms with Crippen molar-refractivity contribution >= 4 is 34.9 Å². The van der Waals surface area contributed by atoms with Gasteiger partial charge in [-0.05, 0) is 55.0 Å². The number of ketones is 1. The largest absolute Gasteiger partial charge is 0.462 e. The van der Waals surface area contributed by atoms with Crippen LogP contribution in [-0.4, -0.2) is 24.3 Å². The third-order valence-corrected chi connectivity index (χ3v) is 4.13. The number of ether oxygens (including phenoxy) is 1. The summed E-state index contributed by atoms with van der Waals surface area (Å²) >= 11 is 5.79. The molecule has 142 valence electrons. The Morgan fingerprint density at radius 2 is 1.56 bits per heavy atom. The second-order valence-electron chi connectivity index (χ2n) is 6.05. The molecule has 1 amide bonds. The lowest BCUT2D eigenvalue weighted by molar-refractivity contribution is -0.116. The van der Waals surface area contributed by atoms with Crippen molar-refractivity contribution in [3.05, 3.63) is 64.7 Å². The van der Waals surface area contributed by atoms with Crippen LogP contribution in [-0.2, 0) is 9.53 Å². The van der Waals surface area contributed by atoms with Crippen LogP contribution in [0.3, 0.4) is 0 Å². The number of halogens is 1. The summed E-state index contributed by atoms with van der Waals surface area (Å²) in [6, 6.07) is 13.0. The number of nitrogens with one attached hydrogen (secondary N) is 1. The third kappa shape index (κ3) is 6.87. The zero-order valence-electron chi connectivity index (χ0n) is 15.2. The van der Waals surface area contributed by atoms with E-state index in [1.165, 1.54) is 0 Å². The van der Waals surface area contributed by atoms with Crippen LogP contribution in [0.4, 0.5) is 5.69 Å². The van der Waals surface area contributed by atoms with Crippen LogP contribution in [0.1, 0.15) is 53.3 Å². The maximum Gasteiger partial charge on any atom is 0.338 e. The lowest BCUT2D eigenvalue weighted by Crippen LogP contribution is -2.13. The number of hydrogen-bond acceptors (Lipinski definition) is 4. The number of hydrogen-bond donors (Lipinski definition) is 1. The summed E-state index contributed by atoms with van der Waals surface area (Å²) in [4.78, 5) is 35.9. The quantitative estimate of drug-likeness (QED) is 0.377. The van der Waals surface area contributed by atoms with Gasteiger partial charge in [-0.2, -0.15) is 0 Å². The Morgan fingerprint density at radius 3 is 2.19 bits per heavy atom. The van der Waals surface area contributed by atoms with E-state index in [1.54, 1.807) is 48.5 Å². The van der Waals surface area contributed by atoms with E-state index in [-0.39, 0.29) is 30.5 Å². The summed E-state index contributed by atoms with van der Waals surface area (Å²) in [6.45, 7) is 2.42. The molecule has 0 heterocycles. The van der Waals surface area contributed by atoms with Crippen molar-refractivity contribution in [1.29, 1.82) is 0 Å². The highest BCUT2D eigenvalue weighted by molar-refractivity contribution is 6.30. The Balaban J connectivity index is 1.80. The first-order chi connectivity index (χ1) is 13.0. The fraction of sp³-hybridized carbons (Fsp3) is 0.286. The van der Waals surface area contributed by atoms with Crippen LogP contribution < -0.4 is 5.32 Å². The second-order valence-corrected chi connectivity index (χ2v) is 6.48. The van der Waals surface area contributed by atoms with Gasteiger partial charge in [0.2, 0.25) is 5.91 Å². The Hall–Kier alpha value is -2.66. The molecule has 0 saturated carbocycles. The maximum absolute atomic E-state index is 12.1. The number of esters is 1. The van der Waals surface area contributed by atoms with Crippen molar-refractivity contribution in [3.63, 3.8) is 0 Å². The van der Waals surface area contributed by atoms with Crippen molar-refractivity contribution in [2.45, 2.75) is 32.6 Å². The van der Waals surface area contributed by atoms with Gasteiger partial charge >= 0.3 is 5.97 Å². The first-order valence-corrected chi connectivity index (χ1v) is 9.23. The molecule has 0 radical (unpaired) electrons. The SMILES string of the molecule is CCCCOC(=O)c1ccc(NC(=O)CCC(=O)c2ccc(Cl)cc2)cc1. The lowest BCUT2D eigenvalue weighted by Gasteiger charge is -2.07. The molecule has 0 saturated heterocycles. The molecule has 0 atom stereocenters. The predicted molar refractivity (Wildman–Crippen MR) is 105 cm³/mol. The molecule has 0 aromatic heterocycles. The average molecular weight is 388 g/mol. The number of benzene rings is 2. The van der Waals surface area contributed by atoms with E-state index >= 15 is 0 Å². The first-order valence-electron chi connectivity index (χ1n) is 8.85. The molecule has 0 aliphatic rings. The van der Waals surface area contributed by atoms with Crippen molar-refractivity contribution in [1.82, 2.24) is 0 Å². The highest BCUT2D eigenvalue weighted by atomic mass is 35.5. The minimum atomic E-state index is -0.380. The average Bonchev–Trinajstić information content (AvgIpc) is 2.67. The fourth-order valence-corrected chi connectivity index (χ4v) is 2.44. The Kier molecular flexibility index (Phi) is 8.01. The van der Waals surface area contributed by atoms with E-state index in [9.17, 15) is 14.4 Å². The van der Waals surface area contributed by atoms with Crippen LogP contribution in [0.25, 0.3) is 0 Å². The van der Waals surface area contributed by atoms with E-state index in [0.29, 0.717) is 28.4 Å². The monoisotopic (exact) mass is 387 g/mol. The summed E-state index contributed by atoms with van der Waals surface area (Å²) in [6.07, 6.45) is 1.96. The number of rotatable bonds is 9. The van der Waals surface area contributed by atoms with Crippen molar-refractivity contribution in [2.24, 2.45) is 0 Å². The summed E-state index contributed by atoms with van der Waals surface area (Å²) in [5.41, 5.74) is 1.52. The zero-order valence-corrected chi connectivity index (χ0v) is 15.9. The van der Waals surface area contributed by atoms with E-state index in [4.69, 9.17) is 16.3 Å². The smallest absolute Gasteiger partial charge is 0.338 e. The van der Waals surface area contributed by atoms with Gasteiger partial charge in [0.15, 0.2) is 5.78 Å². The lowest BCUT2D eigenvalue weighted by atomic mass is 10.1. The molecular formula is C21H22ClNO4. The summed E-state index contributed by atoms with van der Waals surface area (Å²) in [7, 11) is 0. The van der Waals surface area contributed by atoms with Gasteiger partial charge in [-0.25, -0.2) is 4.79 Å². The maximum atomic E-state index is 12.1. The molecule has 0 aliphatic heterocycles. The Morgan fingerprint density at radius 1 is 0.926 bits per heavy atom. The molecule has 0 bridgehead atoms. The highest BCUT2D eigenvalue weighted by Crippen LogP contribution is 2.14. The molecular weight excluding hydrogens is 366 g/mol. The molecule has 27 heavy (non-hydrogen) atoms. The van der Waals surface area contributed by atoms with Crippen LogP contribution >= 0.6 is 11.6 Å². The molecule has 1 N–H and O–H groups in total. The van der Waals surface area contributed by atoms with Gasteiger partial charge in [0.25, 0.3) is 0 Å². The normalized spacial score (nSPS) is 10.3. The van der Waals surface area contributed by atoms with Gasteiger partial charge in [0, 0.05) is 29.1 Å². The van der Waals surface area contributed by atoms with E-state index < -0.39 is 0 Å². The molecule has 2 rings (SSSR count). The summed E-state index contributed by atoms with van der Waals surface area (Å²) in [5.74, 6) is -0.766. The molecule has 2 aromatic carbocycles. The zero-order chi connectivity index (χ0) is 19.6. The van der Waals surface area contributed by atoms with Crippen molar-refractivity contribution in [3.8, 4) is 0 Å². The van der Waals surface area contributed by atoms with E-state index in [0.717, 1.165) is 12.8 Å². The predicted octanol–water partition coefficient (Wildman–Crippen LogP) is 4.90. The van der Waals surface area contributed by atoms with Gasteiger partial charge in [-0.15, -0.1) is 0 Å². The van der Waals surface area contributed by atoms with Gasteiger partial charge in [-0.3, -0.25) is 9.59 Å². The molecule has 0 fully saturated rings. The standard InChI is InChI=1S/C21H22ClNO4/c1-2-3-14-27-21(26)16-6-10-18(11-7-16)23-20(25)13-12-19(24)15-4-8-17(22)9-5-15/h4-11H,2-3,12-14H2,1H3,(H,23,25).